The van der Waals surface area contributed by atoms with Crippen LogP contribution in [-0.2, 0) is 0 Å². The molecule has 0 spiro atoms. The smallest absolute Gasteiger partial charge is 0.255 e. The number of hydrogen-bond donors (Lipinski definition) is 4. The Kier molecular flexibility index (Phi) is 8.14. The fraction of sp³-hybridized carbons (Fsp3) is 0.278. The second-order valence-corrected chi connectivity index (χ2v) is 12.3. The largest absolute Gasteiger partial charge is 0.497 e. The Hall–Kier alpha value is -5.20. The van der Waals surface area contributed by atoms with Crippen LogP contribution < -0.4 is 41.4 Å². The molecule has 0 unspecified atom stereocenters. The second-order valence-electron chi connectivity index (χ2n) is 12.3. The molecule has 2 amide bonds. The van der Waals surface area contributed by atoms with E-state index >= 15 is 0 Å². The third kappa shape index (κ3) is 5.46. The Morgan fingerprint density at radius 2 is 1.02 bits per heavy atom. The van der Waals surface area contributed by atoms with Gasteiger partial charge in [-0.3, -0.25) is 9.59 Å². The van der Waals surface area contributed by atoms with Gasteiger partial charge in [-0.15, -0.1) is 0 Å². The van der Waals surface area contributed by atoms with Crippen LogP contribution in [0.2, 0.25) is 0 Å². The molecular formula is C36H36F2N6O4. The van der Waals surface area contributed by atoms with Crippen LogP contribution in [0.3, 0.4) is 0 Å². The number of nitrogens with one attached hydrogen (secondary N) is 2. The number of halogens is 2. The van der Waals surface area contributed by atoms with Gasteiger partial charge in [-0.2, -0.15) is 0 Å². The van der Waals surface area contributed by atoms with E-state index in [-0.39, 0.29) is 36.2 Å². The monoisotopic (exact) mass is 654 g/mol. The SMILES string of the molecule is COc1ccc([C@@H]2NC(=O)c3cc(F)cc4c3N2CC[C@H]4N)cc1.COc1ccc([C@H]2NC(=O)c3cc(F)cc4c3N2CC[C@@H]4N)cc1. The van der Waals surface area contributed by atoms with Crippen LogP contribution in [-0.4, -0.2) is 39.1 Å². The van der Waals surface area contributed by atoms with Crippen molar-refractivity contribution < 1.29 is 27.8 Å². The molecule has 4 aromatic carbocycles. The Morgan fingerprint density at radius 3 is 1.38 bits per heavy atom. The second kappa shape index (κ2) is 12.4. The molecule has 0 aromatic heterocycles. The van der Waals surface area contributed by atoms with Crippen molar-refractivity contribution in [1.29, 1.82) is 0 Å². The number of anilines is 2. The molecule has 8 rings (SSSR count). The molecule has 12 heteroatoms. The minimum absolute atomic E-state index is 0.256. The Labute approximate surface area is 276 Å². The van der Waals surface area contributed by atoms with Gasteiger partial charge in [0.1, 0.15) is 35.5 Å². The minimum atomic E-state index is -0.431. The van der Waals surface area contributed by atoms with E-state index in [0.717, 1.165) is 34.0 Å². The van der Waals surface area contributed by atoms with Crippen LogP contribution in [0.1, 0.15) is 80.2 Å². The van der Waals surface area contributed by atoms with E-state index in [1.54, 1.807) is 14.2 Å². The number of methoxy groups -OCH3 is 2. The molecule has 248 valence electrons. The van der Waals surface area contributed by atoms with Gasteiger partial charge in [-0.05, 0) is 83.6 Å². The minimum Gasteiger partial charge on any atom is -0.497 e. The summed E-state index contributed by atoms with van der Waals surface area (Å²) in [5.74, 6) is 0.0847. The molecule has 0 fully saturated rings. The van der Waals surface area contributed by atoms with Crippen LogP contribution in [0.4, 0.5) is 20.2 Å². The summed E-state index contributed by atoms with van der Waals surface area (Å²) in [7, 11) is 3.22. The zero-order valence-corrected chi connectivity index (χ0v) is 26.5. The average Bonchev–Trinajstić information content (AvgIpc) is 3.10. The van der Waals surface area contributed by atoms with Gasteiger partial charge >= 0.3 is 0 Å². The van der Waals surface area contributed by atoms with E-state index in [1.807, 2.05) is 48.5 Å². The highest BCUT2D eigenvalue weighted by Crippen LogP contribution is 2.44. The first-order valence-electron chi connectivity index (χ1n) is 15.8. The summed E-state index contributed by atoms with van der Waals surface area (Å²) in [4.78, 5) is 29.2. The van der Waals surface area contributed by atoms with Gasteiger partial charge in [0.25, 0.3) is 11.8 Å². The third-order valence-electron chi connectivity index (χ3n) is 9.46. The maximum Gasteiger partial charge on any atom is 0.255 e. The van der Waals surface area contributed by atoms with Crippen molar-refractivity contribution in [1.82, 2.24) is 10.6 Å². The summed E-state index contributed by atoms with van der Waals surface area (Å²) >= 11 is 0. The summed E-state index contributed by atoms with van der Waals surface area (Å²) < 4.78 is 38.1. The molecule has 0 bridgehead atoms. The lowest BCUT2D eigenvalue weighted by Gasteiger charge is -2.44. The van der Waals surface area contributed by atoms with Gasteiger partial charge in [-0.1, -0.05) is 24.3 Å². The molecule has 6 N–H and O–H groups in total. The highest BCUT2D eigenvalue weighted by Gasteiger charge is 2.39. The van der Waals surface area contributed by atoms with Crippen molar-refractivity contribution in [2.75, 3.05) is 37.1 Å². The Bertz CT molecular complexity index is 1750. The molecule has 4 atom stereocenters. The Balaban J connectivity index is 0.000000152. The molecule has 4 aliphatic heterocycles. The normalized spacial score (nSPS) is 22.0. The summed E-state index contributed by atoms with van der Waals surface area (Å²) in [6.07, 6.45) is 0.817. The number of carbonyl (C=O) groups excluding carboxylic acids is 2. The summed E-state index contributed by atoms with van der Waals surface area (Å²) in [5.41, 5.74) is 17.8. The molecule has 48 heavy (non-hydrogen) atoms. The lowest BCUT2D eigenvalue weighted by Crippen LogP contribution is -2.50. The molecule has 0 aliphatic carbocycles. The molecule has 0 saturated carbocycles. The van der Waals surface area contributed by atoms with Crippen LogP contribution >= 0.6 is 0 Å². The van der Waals surface area contributed by atoms with E-state index < -0.39 is 11.6 Å². The fourth-order valence-corrected chi connectivity index (χ4v) is 7.06. The summed E-state index contributed by atoms with van der Waals surface area (Å²) in [6, 6.07) is 20.1. The standard InChI is InChI=1S/2C18H18FN3O2/c2*1-24-12-4-2-10(3-5-12)17-21-18(23)14-9-11(19)8-13-15(20)6-7-22(17)16(13)14/h2*2-5,8-9,15,17H,6-7,20H2,1H3,(H,21,23)/t2*15-,17-/m10/s1. The lowest BCUT2D eigenvalue weighted by atomic mass is 9.90. The average molecular weight is 655 g/mol. The molecule has 0 saturated heterocycles. The first kappa shape index (κ1) is 31.4. The molecule has 4 aromatic rings. The number of nitrogens with zero attached hydrogens (tertiary/aromatic N) is 2. The molecule has 0 radical (unpaired) electrons. The topological polar surface area (TPSA) is 135 Å². The zero-order valence-electron chi connectivity index (χ0n) is 26.5. The number of amides is 2. The molecular weight excluding hydrogens is 618 g/mol. The number of ether oxygens (including phenoxy) is 2. The highest BCUT2D eigenvalue weighted by atomic mass is 19.1. The summed E-state index contributed by atoms with van der Waals surface area (Å²) in [6.45, 7) is 1.40. The highest BCUT2D eigenvalue weighted by molar-refractivity contribution is 6.04. The van der Waals surface area contributed by atoms with Gasteiger partial charge in [-0.25, -0.2) is 8.78 Å². The molecule has 10 nitrogen and oxygen atoms in total. The van der Waals surface area contributed by atoms with Crippen LogP contribution in [0, 0.1) is 11.6 Å². The van der Waals surface area contributed by atoms with E-state index in [4.69, 9.17) is 20.9 Å². The maximum absolute atomic E-state index is 13.9. The number of hydrogen-bond acceptors (Lipinski definition) is 8. The van der Waals surface area contributed by atoms with Gasteiger partial charge in [0.2, 0.25) is 0 Å². The van der Waals surface area contributed by atoms with E-state index in [9.17, 15) is 18.4 Å². The van der Waals surface area contributed by atoms with Crippen molar-refractivity contribution in [2.45, 2.75) is 37.3 Å². The van der Waals surface area contributed by atoms with Crippen molar-refractivity contribution in [3.8, 4) is 11.5 Å². The van der Waals surface area contributed by atoms with Crippen molar-refractivity contribution >= 4 is 23.2 Å². The molecule has 4 aliphatic rings. The van der Waals surface area contributed by atoms with Crippen LogP contribution in [0.25, 0.3) is 0 Å². The van der Waals surface area contributed by atoms with Gasteiger partial charge in [0, 0.05) is 25.2 Å². The van der Waals surface area contributed by atoms with Crippen molar-refractivity contribution in [3.63, 3.8) is 0 Å². The fourth-order valence-electron chi connectivity index (χ4n) is 7.06. The summed E-state index contributed by atoms with van der Waals surface area (Å²) in [5, 5.41) is 5.94. The van der Waals surface area contributed by atoms with E-state index in [0.29, 0.717) is 48.2 Å². The van der Waals surface area contributed by atoms with Crippen LogP contribution in [0.5, 0.6) is 11.5 Å². The van der Waals surface area contributed by atoms with Crippen LogP contribution in [0.15, 0.2) is 72.8 Å². The van der Waals surface area contributed by atoms with E-state index in [2.05, 4.69) is 20.4 Å². The van der Waals surface area contributed by atoms with Gasteiger partial charge in [0.05, 0.1) is 36.7 Å². The predicted molar refractivity (Wildman–Crippen MR) is 177 cm³/mol. The number of rotatable bonds is 4. The van der Waals surface area contributed by atoms with E-state index in [1.165, 1.54) is 24.3 Å². The molecule has 4 heterocycles. The number of nitrogens with two attached hydrogens (primary N) is 2. The predicted octanol–water partition coefficient (Wildman–Crippen LogP) is 4.97. The number of carbonyl (C=O) groups is 2. The first-order chi connectivity index (χ1) is 23.2. The van der Waals surface area contributed by atoms with Crippen molar-refractivity contribution in [2.24, 2.45) is 11.5 Å². The van der Waals surface area contributed by atoms with Gasteiger partial charge < -0.3 is 41.4 Å². The first-order valence-corrected chi connectivity index (χ1v) is 15.8. The number of benzene rings is 4. The Morgan fingerprint density at radius 1 is 0.646 bits per heavy atom. The third-order valence-corrected chi connectivity index (χ3v) is 9.46. The van der Waals surface area contributed by atoms with Crippen molar-refractivity contribution in [3.05, 3.63) is 118 Å². The lowest BCUT2D eigenvalue weighted by molar-refractivity contribution is 0.0916. The zero-order chi connectivity index (χ0) is 33.7. The van der Waals surface area contributed by atoms with Gasteiger partial charge in [0.15, 0.2) is 0 Å². The quantitative estimate of drug-likeness (QED) is 0.242. The maximum atomic E-state index is 13.9.